The third kappa shape index (κ3) is 4.04. The lowest BCUT2D eigenvalue weighted by Gasteiger charge is -2.24. The first-order valence-electron chi connectivity index (χ1n) is 12.1. The van der Waals surface area contributed by atoms with Gasteiger partial charge in [0.25, 0.3) is 0 Å². The summed E-state index contributed by atoms with van der Waals surface area (Å²) in [5.74, 6) is -1.34. The van der Waals surface area contributed by atoms with Crippen molar-refractivity contribution >= 4 is 18.0 Å². The van der Waals surface area contributed by atoms with Gasteiger partial charge in [0.05, 0.1) is 5.92 Å². The van der Waals surface area contributed by atoms with Gasteiger partial charge >= 0.3 is 12.1 Å². The molecule has 178 valence electrons. The van der Waals surface area contributed by atoms with Crippen LogP contribution in [-0.2, 0) is 14.3 Å². The first-order valence-corrected chi connectivity index (χ1v) is 12.1. The van der Waals surface area contributed by atoms with Gasteiger partial charge in [-0.15, -0.1) is 0 Å². The Balaban J connectivity index is 1.11. The van der Waals surface area contributed by atoms with Gasteiger partial charge in [-0.3, -0.25) is 9.59 Å². The Morgan fingerprint density at radius 1 is 1.06 bits per heavy atom. The van der Waals surface area contributed by atoms with E-state index < -0.39 is 18.0 Å². The van der Waals surface area contributed by atoms with Crippen molar-refractivity contribution in [2.45, 2.75) is 50.6 Å². The van der Waals surface area contributed by atoms with Crippen molar-refractivity contribution in [1.82, 2.24) is 10.2 Å². The van der Waals surface area contributed by atoms with Crippen LogP contribution in [0, 0.1) is 11.8 Å². The van der Waals surface area contributed by atoms with E-state index in [1.807, 2.05) is 31.2 Å². The third-order valence-electron chi connectivity index (χ3n) is 7.60. The molecule has 2 aromatic rings. The summed E-state index contributed by atoms with van der Waals surface area (Å²) < 4.78 is 5.57. The number of amides is 2. The molecule has 2 aromatic carbocycles. The molecule has 2 aliphatic heterocycles. The molecule has 2 amide bonds. The Hall–Kier alpha value is -3.35. The van der Waals surface area contributed by atoms with Crippen LogP contribution in [0.3, 0.4) is 0 Å². The maximum absolute atomic E-state index is 12.9. The largest absolute Gasteiger partial charge is 0.481 e. The number of carbonyl (C=O) groups excluding carboxylic acids is 2. The van der Waals surface area contributed by atoms with E-state index in [9.17, 15) is 19.5 Å². The van der Waals surface area contributed by atoms with Crippen molar-refractivity contribution in [1.29, 1.82) is 0 Å². The molecule has 0 radical (unpaired) electrons. The minimum Gasteiger partial charge on any atom is -0.481 e. The summed E-state index contributed by atoms with van der Waals surface area (Å²) in [6.45, 7) is 2.49. The summed E-state index contributed by atoms with van der Waals surface area (Å²) in [7, 11) is 0. The van der Waals surface area contributed by atoms with Gasteiger partial charge in [0.2, 0.25) is 5.91 Å². The van der Waals surface area contributed by atoms with Gasteiger partial charge in [-0.2, -0.15) is 0 Å². The highest BCUT2D eigenvalue weighted by molar-refractivity contribution is 5.81. The molecule has 0 spiro atoms. The number of aliphatic carboxylic acids is 1. The van der Waals surface area contributed by atoms with Crippen molar-refractivity contribution in [3.05, 3.63) is 59.7 Å². The van der Waals surface area contributed by atoms with Gasteiger partial charge in [-0.05, 0) is 47.4 Å². The number of nitrogens with zero attached hydrogens (tertiary/aromatic N) is 1. The molecule has 2 saturated heterocycles. The van der Waals surface area contributed by atoms with Crippen LogP contribution in [0.25, 0.3) is 11.1 Å². The first-order chi connectivity index (χ1) is 16.4. The van der Waals surface area contributed by atoms with Crippen molar-refractivity contribution in [3.63, 3.8) is 0 Å². The van der Waals surface area contributed by atoms with Crippen LogP contribution in [0.2, 0.25) is 0 Å². The molecule has 2 heterocycles. The highest BCUT2D eigenvalue weighted by Gasteiger charge is 2.51. The summed E-state index contributed by atoms with van der Waals surface area (Å²) in [6, 6.07) is 16.2. The van der Waals surface area contributed by atoms with Crippen molar-refractivity contribution in [3.8, 4) is 11.1 Å². The van der Waals surface area contributed by atoms with Crippen molar-refractivity contribution in [2.24, 2.45) is 11.8 Å². The predicted octanol–water partition coefficient (Wildman–Crippen LogP) is 4.02. The Morgan fingerprint density at radius 3 is 2.32 bits per heavy atom. The molecule has 7 nitrogen and oxygen atoms in total. The monoisotopic (exact) mass is 462 g/mol. The standard InChI is InChI=1S/C27H30N2O5/c1-16(12-25(30)29-17-10-11-24(29)22(13-17)26(31)32)14-28-27(33)34-15-23-20-8-4-2-6-18(20)19-7-3-5-9-21(19)23/h2-9,16-17,22-24H,10-15H2,1H3,(H,28,33)(H,31,32)/t16?,17-,22+,24+/m1/s1. The van der Waals surface area contributed by atoms with Crippen molar-refractivity contribution in [2.75, 3.05) is 13.2 Å². The van der Waals surface area contributed by atoms with E-state index in [2.05, 4.69) is 29.6 Å². The fourth-order valence-electron chi connectivity index (χ4n) is 6.03. The molecule has 2 fully saturated rings. The lowest BCUT2D eigenvalue weighted by atomic mass is 9.89. The fourth-order valence-corrected chi connectivity index (χ4v) is 6.03. The van der Waals surface area contributed by atoms with E-state index in [1.165, 1.54) is 11.1 Å². The van der Waals surface area contributed by atoms with Crippen LogP contribution in [0.1, 0.15) is 49.7 Å². The SMILES string of the molecule is CC(CNC(=O)OCC1c2ccccc2-c2ccccc21)CC(=O)N1[C@@H]2CC[C@H]1[C@@H](C(=O)O)C2. The summed E-state index contributed by atoms with van der Waals surface area (Å²) in [5, 5.41) is 12.2. The predicted molar refractivity (Wildman–Crippen MR) is 126 cm³/mol. The minimum atomic E-state index is -0.810. The number of nitrogens with one attached hydrogen (secondary N) is 1. The van der Waals surface area contributed by atoms with E-state index in [0.717, 1.165) is 24.0 Å². The number of hydrogen-bond donors (Lipinski definition) is 2. The zero-order chi connectivity index (χ0) is 23.8. The van der Waals surface area contributed by atoms with Gasteiger partial charge in [-0.1, -0.05) is 55.5 Å². The quantitative estimate of drug-likeness (QED) is 0.648. The lowest BCUT2D eigenvalue weighted by molar-refractivity contribution is -0.143. The van der Waals surface area contributed by atoms with Crippen LogP contribution in [0.15, 0.2) is 48.5 Å². The average Bonchev–Trinajstić information content (AvgIpc) is 3.51. The van der Waals surface area contributed by atoms with Crippen LogP contribution in [0.5, 0.6) is 0 Å². The number of ether oxygens (including phenoxy) is 1. The second-order valence-electron chi connectivity index (χ2n) is 9.80. The maximum atomic E-state index is 12.9. The summed E-state index contributed by atoms with van der Waals surface area (Å²) >= 11 is 0. The molecule has 4 atom stereocenters. The second-order valence-corrected chi connectivity index (χ2v) is 9.80. The van der Waals surface area contributed by atoms with Crippen LogP contribution in [0.4, 0.5) is 4.79 Å². The number of fused-ring (bicyclic) bond motifs is 5. The van der Waals surface area contributed by atoms with Crippen LogP contribution in [-0.4, -0.2) is 53.2 Å². The smallest absolute Gasteiger partial charge is 0.407 e. The summed E-state index contributed by atoms with van der Waals surface area (Å²) in [6.07, 6.45) is 1.99. The van der Waals surface area contributed by atoms with Crippen LogP contribution < -0.4 is 5.32 Å². The minimum absolute atomic E-state index is 0.00461. The molecular weight excluding hydrogens is 432 g/mol. The molecule has 34 heavy (non-hydrogen) atoms. The fraction of sp³-hybridized carbons (Fsp3) is 0.444. The third-order valence-corrected chi connectivity index (χ3v) is 7.60. The molecule has 0 saturated carbocycles. The Labute approximate surface area is 199 Å². The molecular formula is C27H30N2O5. The van der Waals surface area contributed by atoms with Gasteiger partial charge in [-0.25, -0.2) is 4.79 Å². The van der Waals surface area contributed by atoms with E-state index in [4.69, 9.17) is 4.74 Å². The number of carboxylic acids is 1. The highest BCUT2D eigenvalue weighted by atomic mass is 16.5. The molecule has 5 rings (SSSR count). The molecule has 7 heteroatoms. The number of hydrogen-bond acceptors (Lipinski definition) is 4. The molecule has 0 aromatic heterocycles. The zero-order valence-electron chi connectivity index (χ0n) is 19.3. The number of benzene rings is 2. The lowest BCUT2D eigenvalue weighted by Crippen LogP contribution is -2.39. The zero-order valence-corrected chi connectivity index (χ0v) is 19.3. The highest BCUT2D eigenvalue weighted by Crippen LogP contribution is 2.44. The average molecular weight is 463 g/mol. The Morgan fingerprint density at radius 2 is 1.71 bits per heavy atom. The molecule has 2 bridgehead atoms. The topological polar surface area (TPSA) is 95.9 Å². The Bertz CT molecular complexity index is 1070. The molecule has 1 aliphatic carbocycles. The van der Waals surface area contributed by atoms with E-state index >= 15 is 0 Å². The number of carbonyl (C=O) groups is 3. The number of carboxylic acid groups (broad SMARTS) is 1. The van der Waals surface area contributed by atoms with E-state index in [1.54, 1.807) is 4.90 Å². The molecule has 3 aliphatic rings. The van der Waals surface area contributed by atoms with Gasteiger partial charge in [0, 0.05) is 31.0 Å². The van der Waals surface area contributed by atoms with Crippen molar-refractivity contribution < 1.29 is 24.2 Å². The summed E-state index contributed by atoms with van der Waals surface area (Å²) in [4.78, 5) is 38.5. The van der Waals surface area contributed by atoms with Gasteiger partial charge < -0.3 is 20.1 Å². The second kappa shape index (κ2) is 9.12. The van der Waals surface area contributed by atoms with Gasteiger partial charge in [0.1, 0.15) is 6.61 Å². The number of rotatable bonds is 7. The van der Waals surface area contributed by atoms with Gasteiger partial charge in [0.15, 0.2) is 0 Å². The Kier molecular flexibility index (Phi) is 6.02. The van der Waals surface area contributed by atoms with E-state index in [-0.39, 0.29) is 42.9 Å². The van der Waals surface area contributed by atoms with Crippen LogP contribution >= 0.6 is 0 Å². The normalized spacial score (nSPS) is 23.3. The maximum Gasteiger partial charge on any atom is 0.407 e. The molecule has 1 unspecified atom stereocenters. The molecule has 2 N–H and O–H groups in total. The number of alkyl carbamates (subject to hydrolysis) is 1. The van der Waals surface area contributed by atoms with E-state index in [0.29, 0.717) is 13.0 Å². The summed E-state index contributed by atoms with van der Waals surface area (Å²) in [5.41, 5.74) is 4.69. The first kappa shape index (κ1) is 22.4.